The van der Waals surface area contributed by atoms with Gasteiger partial charge in [0.25, 0.3) is 0 Å². The van der Waals surface area contributed by atoms with Crippen molar-refractivity contribution in [2.45, 2.75) is 56.9 Å². The highest BCUT2D eigenvalue weighted by molar-refractivity contribution is 6.30. The van der Waals surface area contributed by atoms with Crippen LogP contribution in [-0.2, 0) is 11.3 Å². The second-order valence-corrected chi connectivity index (χ2v) is 10.2. The van der Waals surface area contributed by atoms with E-state index in [2.05, 4.69) is 43.3 Å². The molecule has 2 fully saturated rings. The minimum atomic E-state index is -1.18. The van der Waals surface area contributed by atoms with Crippen LogP contribution < -0.4 is 10.6 Å². The topological polar surface area (TPSA) is 125 Å². The highest BCUT2D eigenvalue weighted by Gasteiger charge is 2.75. The van der Waals surface area contributed by atoms with Crippen molar-refractivity contribution in [3.8, 4) is 24.2 Å². The van der Waals surface area contributed by atoms with Gasteiger partial charge in [-0.1, -0.05) is 29.7 Å². The van der Waals surface area contributed by atoms with Crippen molar-refractivity contribution < 1.29 is 15.0 Å². The zero-order valence-corrected chi connectivity index (χ0v) is 21.7. The summed E-state index contributed by atoms with van der Waals surface area (Å²) in [5.74, 6) is 9.08. The Hall–Kier alpha value is -3.63. The van der Waals surface area contributed by atoms with Gasteiger partial charge in [-0.05, 0) is 42.9 Å². The molecule has 2 heterocycles. The normalized spacial score (nSPS) is 25.2. The first kappa shape index (κ1) is 26.0. The molecule has 2 aliphatic rings. The van der Waals surface area contributed by atoms with Crippen LogP contribution in [0.25, 0.3) is 11.2 Å². The molecule has 5 rings (SSSR count). The Labute approximate surface area is 226 Å². The average Bonchev–Trinajstić information content (AvgIpc) is 3.45. The van der Waals surface area contributed by atoms with Crippen LogP contribution in [0.1, 0.15) is 49.5 Å². The van der Waals surface area contributed by atoms with Gasteiger partial charge in [0.2, 0.25) is 11.7 Å². The molecule has 2 aromatic heterocycles. The molecular weight excluding hydrogens is 504 g/mol. The van der Waals surface area contributed by atoms with Gasteiger partial charge in [-0.2, -0.15) is 0 Å². The Morgan fingerprint density at radius 1 is 1.29 bits per heavy atom. The monoisotopic (exact) mass is 532 g/mol. The molecule has 10 heteroatoms. The molecule has 0 bridgehead atoms. The maximum absolute atomic E-state index is 12.6. The van der Waals surface area contributed by atoms with Crippen LogP contribution in [0, 0.1) is 35.5 Å². The summed E-state index contributed by atoms with van der Waals surface area (Å²) in [6.07, 6.45) is 8.22. The van der Waals surface area contributed by atoms with E-state index in [1.165, 1.54) is 7.05 Å². The fraction of sp³-hybridized carbons (Fsp3) is 0.429. The number of carbonyl (C=O) groups is 1. The van der Waals surface area contributed by atoms with Crippen molar-refractivity contribution >= 4 is 34.5 Å². The number of carbonyl (C=O) groups excluding carboxylic acids is 1. The van der Waals surface area contributed by atoms with E-state index >= 15 is 0 Å². The second kappa shape index (κ2) is 10.6. The molecule has 9 nitrogen and oxygen atoms in total. The summed E-state index contributed by atoms with van der Waals surface area (Å²) in [5.41, 5.74) is 0.942. The Morgan fingerprint density at radius 3 is 2.87 bits per heavy atom. The number of hydrogen-bond acceptors (Lipinski definition) is 7. The van der Waals surface area contributed by atoms with Crippen LogP contribution in [-0.4, -0.2) is 54.9 Å². The quantitative estimate of drug-likeness (QED) is 0.259. The van der Waals surface area contributed by atoms with E-state index in [1.807, 2.05) is 24.3 Å². The molecule has 0 aliphatic heterocycles. The number of halogens is 1. The number of imidazole rings is 1. The number of aliphatic hydroxyl groups excluding tert-OH is 2. The first-order valence-corrected chi connectivity index (χ1v) is 13.0. The van der Waals surface area contributed by atoms with E-state index in [-0.39, 0.29) is 11.8 Å². The smallest absolute Gasteiger partial charge is 0.229 e. The number of rotatable bonds is 8. The van der Waals surface area contributed by atoms with E-state index in [4.69, 9.17) is 18.0 Å². The predicted molar refractivity (Wildman–Crippen MR) is 144 cm³/mol. The van der Waals surface area contributed by atoms with Gasteiger partial charge in [0.05, 0.1) is 23.9 Å². The summed E-state index contributed by atoms with van der Waals surface area (Å²) in [6.45, 7) is 0.450. The number of benzene rings is 1. The van der Waals surface area contributed by atoms with Crippen LogP contribution in [0.15, 0.2) is 30.6 Å². The lowest BCUT2D eigenvalue weighted by atomic mass is 9.98. The summed E-state index contributed by atoms with van der Waals surface area (Å²) < 4.78 is 1.75. The first-order chi connectivity index (χ1) is 18.4. The maximum Gasteiger partial charge on any atom is 0.229 e. The molecule has 0 radical (unpaired) electrons. The minimum absolute atomic E-state index is 0.242. The van der Waals surface area contributed by atoms with Crippen molar-refractivity contribution in [1.82, 2.24) is 24.8 Å². The average molecular weight is 533 g/mol. The van der Waals surface area contributed by atoms with Gasteiger partial charge in [-0.3, -0.25) is 4.79 Å². The molecule has 1 aromatic carbocycles. The number of fused-ring (bicyclic) bond motifs is 2. The van der Waals surface area contributed by atoms with Crippen LogP contribution >= 0.6 is 11.6 Å². The second-order valence-electron chi connectivity index (χ2n) is 9.77. The third kappa shape index (κ3) is 4.58. The Bertz CT molecular complexity index is 1470. The number of aliphatic hydroxyl groups is 2. The fourth-order valence-electron chi connectivity index (χ4n) is 5.52. The standard InChI is InChI=1S/C28H29ClN6O3/c1-3-4-5-6-7-8-12-20-33-25(31-15-17-10-9-11-18(29)13-17)21-26(34-20)35(16-32-21)22-19-14-28(19,27(38)30-2)24(37)23(22)36/h1,9-11,13,16,19,22-24,36-37H,4-7,14-15H2,2H3,(H,30,38)(H,31,33,34)/t19-,22-,23+,24+,28+/m1/s1. The van der Waals surface area contributed by atoms with Crippen LogP contribution in [0.3, 0.4) is 0 Å². The van der Waals surface area contributed by atoms with Gasteiger partial charge < -0.3 is 25.4 Å². The molecule has 0 spiro atoms. The molecule has 0 saturated heterocycles. The van der Waals surface area contributed by atoms with Crippen LogP contribution in [0.2, 0.25) is 5.02 Å². The van der Waals surface area contributed by atoms with E-state index in [1.54, 1.807) is 10.9 Å². The number of aromatic nitrogens is 4. The minimum Gasteiger partial charge on any atom is -0.389 e. The number of nitrogens with zero attached hydrogens (tertiary/aromatic N) is 4. The molecule has 2 saturated carbocycles. The summed E-state index contributed by atoms with van der Waals surface area (Å²) in [7, 11) is 1.54. The molecule has 0 unspecified atom stereocenters. The van der Waals surface area contributed by atoms with Crippen molar-refractivity contribution in [2.24, 2.45) is 11.3 Å². The molecule has 4 N–H and O–H groups in total. The summed E-state index contributed by atoms with van der Waals surface area (Å²) in [6, 6.07) is 6.94. The lowest BCUT2D eigenvalue weighted by molar-refractivity contribution is -0.132. The third-order valence-corrected chi connectivity index (χ3v) is 7.72. The van der Waals surface area contributed by atoms with Gasteiger partial charge in [0.1, 0.15) is 6.10 Å². The SMILES string of the molecule is C#CCCCCC#Cc1nc(NCc2cccc(Cl)c2)c2ncn([C@H]3[C@H](O)[C@H](O)[C@]4(C(=O)NC)C[C@H]34)c2n1. The summed E-state index contributed by atoms with van der Waals surface area (Å²) >= 11 is 6.14. The molecule has 3 aromatic rings. The van der Waals surface area contributed by atoms with E-state index < -0.39 is 23.7 Å². The predicted octanol–water partition coefficient (Wildman–Crippen LogP) is 2.67. The lowest BCUT2D eigenvalue weighted by Crippen LogP contribution is -2.41. The van der Waals surface area contributed by atoms with E-state index in [0.717, 1.165) is 24.8 Å². The Balaban J connectivity index is 1.49. The molecule has 38 heavy (non-hydrogen) atoms. The van der Waals surface area contributed by atoms with Crippen LogP contribution in [0.4, 0.5) is 5.82 Å². The highest BCUT2D eigenvalue weighted by Crippen LogP contribution is 2.67. The van der Waals surface area contributed by atoms with E-state index in [9.17, 15) is 15.0 Å². The van der Waals surface area contributed by atoms with Crippen molar-refractivity contribution in [3.63, 3.8) is 0 Å². The zero-order chi connectivity index (χ0) is 26.9. The van der Waals surface area contributed by atoms with Crippen LogP contribution in [0.5, 0.6) is 0 Å². The number of anilines is 1. The van der Waals surface area contributed by atoms with E-state index in [0.29, 0.717) is 47.2 Å². The molecule has 2 aliphatic carbocycles. The Morgan fingerprint density at radius 2 is 2.11 bits per heavy atom. The third-order valence-electron chi connectivity index (χ3n) is 7.49. The molecular formula is C28H29ClN6O3. The number of terminal acetylenes is 1. The van der Waals surface area contributed by atoms with Crippen molar-refractivity contribution in [1.29, 1.82) is 0 Å². The highest BCUT2D eigenvalue weighted by atomic mass is 35.5. The lowest BCUT2D eigenvalue weighted by Gasteiger charge is -2.23. The van der Waals surface area contributed by atoms with Gasteiger partial charge in [0.15, 0.2) is 17.0 Å². The number of unbranched alkanes of at least 4 members (excludes halogenated alkanes) is 3. The van der Waals surface area contributed by atoms with Gasteiger partial charge in [-0.15, -0.1) is 12.3 Å². The Kier molecular flexibility index (Phi) is 7.27. The largest absolute Gasteiger partial charge is 0.389 e. The summed E-state index contributed by atoms with van der Waals surface area (Å²) in [5, 5.41) is 28.4. The molecule has 196 valence electrons. The maximum atomic E-state index is 12.6. The van der Waals surface area contributed by atoms with Gasteiger partial charge in [-0.25, -0.2) is 15.0 Å². The zero-order valence-electron chi connectivity index (χ0n) is 21.0. The van der Waals surface area contributed by atoms with Gasteiger partial charge >= 0.3 is 0 Å². The van der Waals surface area contributed by atoms with Gasteiger partial charge in [0, 0.05) is 37.4 Å². The molecule has 1 amide bonds. The van der Waals surface area contributed by atoms with Crippen molar-refractivity contribution in [3.05, 3.63) is 47.0 Å². The number of nitrogens with one attached hydrogen (secondary N) is 2. The number of hydrogen-bond donors (Lipinski definition) is 4. The first-order valence-electron chi connectivity index (χ1n) is 12.6. The molecule has 5 atom stereocenters. The fourth-order valence-corrected chi connectivity index (χ4v) is 5.73. The van der Waals surface area contributed by atoms with Crippen molar-refractivity contribution in [2.75, 3.05) is 12.4 Å². The summed E-state index contributed by atoms with van der Waals surface area (Å²) in [4.78, 5) is 26.4. The number of amides is 1.